The number of methoxy groups -OCH3 is 1. The smallest absolute Gasteiger partial charge is 0.407 e. The normalized spacial score (nSPS) is 33.8. The zero-order chi connectivity index (χ0) is 24.8. The fourth-order valence-corrected chi connectivity index (χ4v) is 5.34. The zero-order valence-corrected chi connectivity index (χ0v) is 21.2. The van der Waals surface area contributed by atoms with Crippen molar-refractivity contribution >= 4 is 12.0 Å². The molecule has 2 aliphatic heterocycles. The van der Waals surface area contributed by atoms with Crippen LogP contribution in [0.5, 0.6) is 0 Å². The lowest BCUT2D eigenvalue weighted by atomic mass is 9.68. The van der Waals surface area contributed by atoms with Gasteiger partial charge < -0.3 is 35.3 Å². The summed E-state index contributed by atoms with van der Waals surface area (Å²) in [5.74, 6) is -0.111. The van der Waals surface area contributed by atoms with Gasteiger partial charge in [0.15, 0.2) is 0 Å². The third kappa shape index (κ3) is 6.71. The molecule has 34 heavy (non-hydrogen) atoms. The zero-order valence-electron chi connectivity index (χ0n) is 21.2. The van der Waals surface area contributed by atoms with Crippen molar-refractivity contribution in [3.8, 4) is 0 Å². The predicted molar refractivity (Wildman–Crippen MR) is 128 cm³/mol. The first kappa shape index (κ1) is 26.9. The van der Waals surface area contributed by atoms with Gasteiger partial charge in [0, 0.05) is 20.2 Å². The average molecular weight is 482 g/mol. The maximum Gasteiger partial charge on any atom is 0.407 e. The number of nitrogens with one attached hydrogen (secondary N) is 2. The monoisotopic (exact) mass is 481 g/mol. The number of alkyl carbamates (subject to hydrolysis) is 1. The summed E-state index contributed by atoms with van der Waals surface area (Å²) in [6, 6.07) is 0. The molecule has 194 valence electrons. The second-order valence-corrected chi connectivity index (χ2v) is 10.2. The van der Waals surface area contributed by atoms with Gasteiger partial charge in [-0.25, -0.2) is 4.79 Å². The molecular weight excluding hydrogens is 438 g/mol. The average Bonchev–Trinajstić information content (AvgIpc) is 3.72. The van der Waals surface area contributed by atoms with E-state index in [-0.39, 0.29) is 47.9 Å². The Balaban J connectivity index is 1.43. The molecule has 3 fully saturated rings. The lowest BCUT2D eigenvalue weighted by Gasteiger charge is -2.42. The second-order valence-electron chi connectivity index (χ2n) is 10.2. The molecule has 1 saturated carbocycles. The van der Waals surface area contributed by atoms with Gasteiger partial charge in [0.2, 0.25) is 5.91 Å². The molecular formula is C25H43N3O6. The molecule has 3 unspecified atom stereocenters. The van der Waals surface area contributed by atoms with Crippen molar-refractivity contribution in [1.82, 2.24) is 10.6 Å². The third-order valence-corrected chi connectivity index (χ3v) is 7.38. The fraction of sp³-hybridized carbons (Fsp3) is 0.840. The molecule has 2 amide bonds. The summed E-state index contributed by atoms with van der Waals surface area (Å²) in [5.41, 5.74) is 5.96. The van der Waals surface area contributed by atoms with E-state index in [9.17, 15) is 9.59 Å². The number of amides is 2. The maximum absolute atomic E-state index is 12.5. The summed E-state index contributed by atoms with van der Waals surface area (Å²) in [6.45, 7) is 8.25. The van der Waals surface area contributed by atoms with Crippen LogP contribution < -0.4 is 16.4 Å². The molecule has 0 bridgehead atoms. The van der Waals surface area contributed by atoms with Crippen LogP contribution in [0.1, 0.15) is 65.7 Å². The van der Waals surface area contributed by atoms with Crippen molar-refractivity contribution in [3.05, 3.63) is 11.6 Å². The topological polar surface area (TPSA) is 128 Å². The Morgan fingerprint density at radius 2 is 1.82 bits per heavy atom. The van der Waals surface area contributed by atoms with Crippen molar-refractivity contribution in [2.75, 3.05) is 33.4 Å². The quantitative estimate of drug-likeness (QED) is 0.209. The number of carbonyl (C=O) groups excluding carboxylic acids is 2. The SMILES string of the molecule is CO[C@H]1C(OC(=O)NCCCCCCNC(=O)CN)CC[C@]2(CO2)C1C1(C)O[C@@H]1CC=C(C)C. The van der Waals surface area contributed by atoms with Crippen molar-refractivity contribution in [2.45, 2.75) is 95.2 Å². The highest BCUT2D eigenvalue weighted by Crippen LogP contribution is 2.59. The third-order valence-electron chi connectivity index (χ3n) is 7.38. The molecule has 1 spiro atoms. The Morgan fingerprint density at radius 1 is 1.15 bits per heavy atom. The summed E-state index contributed by atoms with van der Waals surface area (Å²) >= 11 is 0. The van der Waals surface area contributed by atoms with Crippen LogP contribution in [0.15, 0.2) is 11.6 Å². The Kier molecular flexibility index (Phi) is 9.37. The van der Waals surface area contributed by atoms with E-state index >= 15 is 0 Å². The van der Waals surface area contributed by atoms with Gasteiger partial charge >= 0.3 is 6.09 Å². The molecule has 9 heteroatoms. The standard InChI is InChI=1S/C25H43N3O6/c1-17(2)9-10-19-24(3,34-19)22-21(31-4)18(11-12-25(22)16-32-25)33-23(30)28-14-8-6-5-7-13-27-20(29)15-26/h9,18-19,21-22H,5-8,10-16,26H2,1-4H3,(H,27,29)(H,28,30)/t18?,19-,21+,22?,24?,25+/m1/s1. The van der Waals surface area contributed by atoms with Gasteiger partial charge in [-0.3, -0.25) is 4.79 Å². The Bertz CT molecular complexity index is 736. The molecule has 4 N–H and O–H groups in total. The number of nitrogens with two attached hydrogens (primary N) is 1. The van der Waals surface area contributed by atoms with E-state index in [4.69, 9.17) is 24.7 Å². The fourth-order valence-electron chi connectivity index (χ4n) is 5.34. The number of epoxide rings is 2. The van der Waals surface area contributed by atoms with Gasteiger partial charge in [0.25, 0.3) is 0 Å². The number of hydrogen-bond acceptors (Lipinski definition) is 7. The van der Waals surface area contributed by atoms with Crippen LogP contribution >= 0.6 is 0 Å². The van der Waals surface area contributed by atoms with Crippen LogP contribution in [0.3, 0.4) is 0 Å². The molecule has 1 aliphatic carbocycles. The molecule has 9 nitrogen and oxygen atoms in total. The van der Waals surface area contributed by atoms with Gasteiger partial charge in [-0.05, 0) is 52.9 Å². The molecule has 3 aliphatic rings. The second kappa shape index (κ2) is 11.8. The molecule has 0 aromatic rings. The van der Waals surface area contributed by atoms with Gasteiger partial charge in [0.1, 0.15) is 23.4 Å². The van der Waals surface area contributed by atoms with Crippen LogP contribution in [0, 0.1) is 5.92 Å². The Hall–Kier alpha value is -1.68. The Morgan fingerprint density at radius 3 is 2.41 bits per heavy atom. The van der Waals surface area contributed by atoms with Crippen LogP contribution in [0.4, 0.5) is 4.79 Å². The Labute approximate surface area is 203 Å². The summed E-state index contributed by atoms with van der Waals surface area (Å²) in [6.07, 6.45) is 7.44. The highest BCUT2D eigenvalue weighted by Gasteiger charge is 2.72. The van der Waals surface area contributed by atoms with Gasteiger partial charge in [-0.15, -0.1) is 0 Å². The number of allylic oxidation sites excluding steroid dienone is 1. The van der Waals surface area contributed by atoms with E-state index in [2.05, 4.69) is 37.5 Å². The maximum atomic E-state index is 12.5. The first-order valence-electron chi connectivity index (χ1n) is 12.6. The van der Waals surface area contributed by atoms with Crippen LogP contribution in [0.2, 0.25) is 0 Å². The van der Waals surface area contributed by atoms with Crippen molar-refractivity contribution in [1.29, 1.82) is 0 Å². The van der Waals surface area contributed by atoms with Crippen LogP contribution in [-0.2, 0) is 23.7 Å². The molecule has 0 aromatic carbocycles. The van der Waals surface area contributed by atoms with E-state index < -0.39 is 6.09 Å². The first-order valence-corrected chi connectivity index (χ1v) is 12.6. The van der Waals surface area contributed by atoms with Gasteiger partial charge in [0.05, 0.1) is 25.2 Å². The first-order chi connectivity index (χ1) is 16.3. The molecule has 2 heterocycles. The summed E-state index contributed by atoms with van der Waals surface area (Å²) < 4.78 is 23.9. The molecule has 3 rings (SSSR count). The molecule has 6 atom stereocenters. The number of carbonyl (C=O) groups is 2. The number of unbranched alkanes of at least 4 members (excludes halogenated alkanes) is 3. The summed E-state index contributed by atoms with van der Waals surface area (Å²) in [7, 11) is 1.68. The van der Waals surface area contributed by atoms with E-state index in [1.54, 1.807) is 7.11 Å². The lowest BCUT2D eigenvalue weighted by Crippen LogP contribution is -2.56. The summed E-state index contributed by atoms with van der Waals surface area (Å²) in [5, 5.41) is 5.62. The predicted octanol–water partition coefficient (Wildman–Crippen LogP) is 2.42. The highest BCUT2D eigenvalue weighted by atomic mass is 16.6. The van der Waals surface area contributed by atoms with E-state index in [1.807, 2.05) is 0 Å². The highest BCUT2D eigenvalue weighted by molar-refractivity contribution is 5.77. The molecule has 0 radical (unpaired) electrons. The van der Waals surface area contributed by atoms with Crippen LogP contribution in [-0.4, -0.2) is 74.9 Å². The minimum atomic E-state index is -0.406. The van der Waals surface area contributed by atoms with Crippen LogP contribution in [0.25, 0.3) is 0 Å². The number of rotatable bonds is 13. The van der Waals surface area contributed by atoms with E-state index in [0.29, 0.717) is 26.1 Å². The number of hydrogen-bond donors (Lipinski definition) is 3. The van der Waals surface area contributed by atoms with Gasteiger partial charge in [-0.1, -0.05) is 24.5 Å². The number of ether oxygens (including phenoxy) is 4. The molecule has 2 saturated heterocycles. The van der Waals surface area contributed by atoms with Crippen molar-refractivity contribution < 1.29 is 28.5 Å². The van der Waals surface area contributed by atoms with Crippen molar-refractivity contribution in [3.63, 3.8) is 0 Å². The minimum absolute atomic E-state index is 0.0203. The minimum Gasteiger partial charge on any atom is -0.443 e. The largest absolute Gasteiger partial charge is 0.443 e. The molecule has 0 aromatic heterocycles. The van der Waals surface area contributed by atoms with E-state index in [1.165, 1.54) is 5.57 Å². The van der Waals surface area contributed by atoms with Gasteiger partial charge in [-0.2, -0.15) is 0 Å². The summed E-state index contributed by atoms with van der Waals surface area (Å²) in [4.78, 5) is 23.6. The lowest BCUT2D eigenvalue weighted by molar-refractivity contribution is -0.119. The van der Waals surface area contributed by atoms with Crippen molar-refractivity contribution in [2.24, 2.45) is 11.7 Å². The van der Waals surface area contributed by atoms with E-state index in [0.717, 1.165) is 38.5 Å².